The van der Waals surface area contributed by atoms with E-state index in [1.165, 1.54) is 6.20 Å². The Morgan fingerprint density at radius 3 is 2.46 bits per heavy atom. The third-order valence-corrected chi connectivity index (χ3v) is 3.55. The van der Waals surface area contributed by atoms with E-state index in [-0.39, 0.29) is 5.57 Å². The second-order valence-corrected chi connectivity index (χ2v) is 4.49. The lowest BCUT2D eigenvalue weighted by Crippen LogP contribution is -2.09. The molecule has 0 aliphatic carbocycles. The molecule has 1 aliphatic heterocycles. The van der Waals surface area contributed by atoms with Gasteiger partial charge in [-0.05, 0) is 13.8 Å². The Morgan fingerprint density at radius 2 is 2.00 bits per heavy atom. The van der Waals surface area contributed by atoms with E-state index in [2.05, 4.69) is 9.97 Å². The molecule has 6 heteroatoms. The Hall–Kier alpha value is -1.22. The maximum Gasteiger partial charge on any atom is 0.497 e. The summed E-state index contributed by atoms with van der Waals surface area (Å²) in [6.45, 7) is 3.41. The van der Waals surface area contributed by atoms with Gasteiger partial charge in [-0.1, -0.05) is 0 Å². The molecule has 0 bridgehead atoms. The number of nitrogens with one attached hydrogen (secondary N) is 1. The van der Waals surface area contributed by atoms with Gasteiger partial charge in [-0.2, -0.15) is 0 Å². The number of aromatic nitrogens is 2. The monoisotopic (exact) mass is 200 g/mol. The van der Waals surface area contributed by atoms with Crippen molar-refractivity contribution in [1.29, 1.82) is 0 Å². The standard InChI is InChI=1S/C7H9N2O3P/c1-5-6(2)12-13(10,11-5)7-8-3-4-9-7/h3-4H,1-2H3,(H,8,9). The summed E-state index contributed by atoms with van der Waals surface area (Å²) in [5.74, 6) is 1.08. The molecule has 2 heterocycles. The minimum Gasteiger partial charge on any atom is -0.412 e. The molecular formula is C7H9N2O3P. The fourth-order valence-corrected chi connectivity index (χ4v) is 2.63. The van der Waals surface area contributed by atoms with Gasteiger partial charge in [-0.3, -0.25) is 0 Å². The van der Waals surface area contributed by atoms with Crippen molar-refractivity contribution in [2.45, 2.75) is 13.8 Å². The lowest BCUT2D eigenvalue weighted by molar-refractivity contribution is 0.364. The molecular weight excluding hydrogens is 191 g/mol. The summed E-state index contributed by atoms with van der Waals surface area (Å²) in [4.78, 5) is 6.55. The third-order valence-electron chi connectivity index (χ3n) is 1.75. The van der Waals surface area contributed by atoms with Crippen LogP contribution in [0.5, 0.6) is 0 Å². The molecule has 1 aromatic rings. The van der Waals surface area contributed by atoms with Gasteiger partial charge in [0, 0.05) is 12.4 Å². The first kappa shape index (κ1) is 8.38. The van der Waals surface area contributed by atoms with Crippen LogP contribution < -0.4 is 5.57 Å². The molecule has 1 aliphatic rings. The quantitative estimate of drug-likeness (QED) is 0.698. The summed E-state index contributed by atoms with van der Waals surface area (Å²) in [6.07, 6.45) is 3.08. The van der Waals surface area contributed by atoms with Crippen LogP contribution in [0.2, 0.25) is 0 Å². The molecule has 5 nitrogen and oxygen atoms in total. The number of allylic oxidation sites excluding steroid dienone is 2. The normalized spacial score (nSPS) is 19.8. The van der Waals surface area contributed by atoms with Crippen molar-refractivity contribution in [3.8, 4) is 0 Å². The number of hydrogen-bond acceptors (Lipinski definition) is 4. The number of rotatable bonds is 1. The zero-order valence-corrected chi connectivity index (χ0v) is 8.17. The van der Waals surface area contributed by atoms with E-state index >= 15 is 0 Å². The maximum absolute atomic E-state index is 11.9. The van der Waals surface area contributed by atoms with E-state index in [9.17, 15) is 4.57 Å². The van der Waals surface area contributed by atoms with E-state index in [1.807, 2.05) is 0 Å². The van der Waals surface area contributed by atoms with Crippen molar-refractivity contribution < 1.29 is 13.6 Å². The van der Waals surface area contributed by atoms with E-state index in [1.54, 1.807) is 20.0 Å². The van der Waals surface area contributed by atoms with Crippen molar-refractivity contribution >= 4 is 13.2 Å². The first-order valence-corrected chi connectivity index (χ1v) is 5.33. The molecule has 0 amide bonds. The van der Waals surface area contributed by atoms with Crippen LogP contribution in [0.1, 0.15) is 13.8 Å². The van der Waals surface area contributed by atoms with Gasteiger partial charge in [0.25, 0.3) is 0 Å². The zero-order chi connectivity index (χ0) is 9.47. The van der Waals surface area contributed by atoms with Crippen LogP contribution in [0.3, 0.4) is 0 Å². The van der Waals surface area contributed by atoms with Crippen LogP contribution in [-0.2, 0) is 13.6 Å². The Bertz CT molecular complexity index is 378. The maximum atomic E-state index is 11.9. The molecule has 0 saturated carbocycles. The van der Waals surface area contributed by atoms with E-state index in [4.69, 9.17) is 9.05 Å². The van der Waals surface area contributed by atoms with Crippen LogP contribution >= 0.6 is 7.60 Å². The Labute approximate surface area is 75.3 Å². The van der Waals surface area contributed by atoms with Crippen LogP contribution in [-0.4, -0.2) is 9.97 Å². The molecule has 0 aromatic carbocycles. The highest BCUT2D eigenvalue weighted by Gasteiger charge is 2.39. The summed E-state index contributed by atoms with van der Waals surface area (Å²) in [5.41, 5.74) is 0.240. The predicted molar refractivity (Wildman–Crippen MR) is 46.4 cm³/mol. The Balaban J connectivity index is 2.34. The van der Waals surface area contributed by atoms with Crippen molar-refractivity contribution in [1.82, 2.24) is 9.97 Å². The molecule has 1 N–H and O–H groups in total. The molecule has 0 unspecified atom stereocenters. The number of aromatic amines is 1. The summed E-state index contributed by atoms with van der Waals surface area (Å²) >= 11 is 0. The third kappa shape index (κ3) is 1.25. The average molecular weight is 200 g/mol. The van der Waals surface area contributed by atoms with Crippen molar-refractivity contribution in [2.75, 3.05) is 0 Å². The van der Waals surface area contributed by atoms with Gasteiger partial charge < -0.3 is 14.0 Å². The largest absolute Gasteiger partial charge is 0.497 e. The van der Waals surface area contributed by atoms with Gasteiger partial charge in [-0.25, -0.2) is 9.55 Å². The van der Waals surface area contributed by atoms with Gasteiger partial charge in [-0.15, -0.1) is 0 Å². The van der Waals surface area contributed by atoms with Gasteiger partial charge in [0.2, 0.25) is 5.57 Å². The summed E-state index contributed by atoms with van der Waals surface area (Å²) in [6, 6.07) is 0. The van der Waals surface area contributed by atoms with Crippen molar-refractivity contribution in [2.24, 2.45) is 0 Å². The van der Waals surface area contributed by atoms with Crippen LogP contribution in [0.25, 0.3) is 0 Å². The fraction of sp³-hybridized carbons (Fsp3) is 0.286. The summed E-state index contributed by atoms with van der Waals surface area (Å²) < 4.78 is 22.2. The molecule has 13 heavy (non-hydrogen) atoms. The van der Waals surface area contributed by atoms with Crippen LogP contribution in [0.4, 0.5) is 0 Å². The molecule has 0 fully saturated rings. The highest BCUT2D eigenvalue weighted by Crippen LogP contribution is 2.55. The Kier molecular flexibility index (Phi) is 1.70. The topological polar surface area (TPSA) is 64.2 Å². The minimum absolute atomic E-state index is 0.240. The zero-order valence-electron chi connectivity index (χ0n) is 7.27. The molecule has 1 aromatic heterocycles. The second kappa shape index (κ2) is 2.64. The lowest BCUT2D eigenvalue weighted by atomic mass is 10.5. The highest BCUT2D eigenvalue weighted by molar-refractivity contribution is 7.62. The van der Waals surface area contributed by atoms with Gasteiger partial charge in [0.15, 0.2) is 0 Å². The van der Waals surface area contributed by atoms with Gasteiger partial charge >= 0.3 is 7.60 Å². The lowest BCUT2D eigenvalue weighted by Gasteiger charge is -2.07. The number of H-pyrrole nitrogens is 1. The van der Waals surface area contributed by atoms with Crippen LogP contribution in [0.15, 0.2) is 23.9 Å². The molecule has 0 spiro atoms. The average Bonchev–Trinajstić information content (AvgIpc) is 2.61. The SMILES string of the molecule is CC1=C(C)OP(=O)(c2ncc[nH]2)O1. The summed E-state index contributed by atoms with van der Waals surface area (Å²) in [5, 5.41) is 0. The number of nitrogens with zero attached hydrogens (tertiary/aromatic N) is 1. The van der Waals surface area contributed by atoms with E-state index in [0.717, 1.165) is 0 Å². The predicted octanol–water partition coefficient (Wildman–Crippen LogP) is 1.53. The highest BCUT2D eigenvalue weighted by atomic mass is 31.2. The molecule has 0 atom stereocenters. The first-order chi connectivity index (χ1) is 6.12. The number of imidazole rings is 1. The van der Waals surface area contributed by atoms with Gasteiger partial charge in [0.05, 0.1) is 0 Å². The molecule has 0 radical (unpaired) electrons. The molecule has 2 rings (SSSR count). The Morgan fingerprint density at radius 1 is 1.38 bits per heavy atom. The van der Waals surface area contributed by atoms with E-state index < -0.39 is 7.60 Å². The van der Waals surface area contributed by atoms with Gasteiger partial charge in [0.1, 0.15) is 11.5 Å². The minimum atomic E-state index is -3.23. The first-order valence-electron chi connectivity index (χ1n) is 3.78. The number of hydrogen-bond donors (Lipinski definition) is 1. The molecule has 70 valence electrons. The smallest absolute Gasteiger partial charge is 0.412 e. The fourth-order valence-electron chi connectivity index (χ4n) is 1.00. The molecule has 0 saturated heterocycles. The second-order valence-electron chi connectivity index (χ2n) is 2.71. The van der Waals surface area contributed by atoms with Crippen LogP contribution in [0, 0.1) is 0 Å². The van der Waals surface area contributed by atoms with E-state index in [0.29, 0.717) is 11.5 Å². The summed E-state index contributed by atoms with van der Waals surface area (Å²) in [7, 11) is -3.23. The van der Waals surface area contributed by atoms with Crippen molar-refractivity contribution in [3.63, 3.8) is 0 Å². The van der Waals surface area contributed by atoms with Crippen molar-refractivity contribution in [3.05, 3.63) is 23.9 Å².